The molecule has 3 saturated heterocycles. The van der Waals surface area contributed by atoms with Crippen LogP contribution in [-0.2, 0) is 6.54 Å². The largest absolute Gasteiger partial charge is 0.329 e. The Hall–Kier alpha value is -1.81. The lowest BCUT2D eigenvalue weighted by Gasteiger charge is -2.47. The molecular weight excluding hydrogens is 274 g/mol. The van der Waals surface area contributed by atoms with E-state index < -0.39 is 0 Å². The third kappa shape index (κ3) is 1.59. The molecule has 4 nitrogen and oxygen atoms in total. The summed E-state index contributed by atoms with van der Waals surface area (Å²) in [6.07, 6.45) is 2.51. The molecule has 0 aliphatic carbocycles. The standard InChI is InChI=1S/C18H21N3O/c1-12-3-2-4-16-15(12)9-14-10-20(18(22)21(14)16)17-11-19-7-5-13(17)6-8-19/h2-4,9,13,17H,5-8,10-11H2,1H3. The summed E-state index contributed by atoms with van der Waals surface area (Å²) >= 11 is 0. The number of nitrogens with zero attached hydrogens (tertiary/aromatic N) is 3. The second kappa shape index (κ2) is 4.35. The monoisotopic (exact) mass is 295 g/mol. The van der Waals surface area contributed by atoms with Crippen molar-refractivity contribution in [1.29, 1.82) is 0 Å². The van der Waals surface area contributed by atoms with Gasteiger partial charge in [-0.3, -0.25) is 4.57 Å². The van der Waals surface area contributed by atoms with E-state index in [1.165, 1.54) is 36.9 Å². The molecule has 1 atom stereocenters. The topological polar surface area (TPSA) is 28.5 Å². The average Bonchev–Trinajstić information content (AvgIpc) is 3.07. The molecule has 2 aromatic rings. The summed E-state index contributed by atoms with van der Waals surface area (Å²) in [5.74, 6) is 0.701. The number of carbonyl (C=O) groups excluding carboxylic acids is 1. The highest BCUT2D eigenvalue weighted by molar-refractivity contribution is 5.96. The number of amides is 1. The zero-order valence-corrected chi connectivity index (χ0v) is 13.0. The fourth-order valence-electron chi connectivity index (χ4n) is 4.69. The van der Waals surface area contributed by atoms with Crippen LogP contribution in [0.3, 0.4) is 0 Å². The molecule has 4 aliphatic heterocycles. The van der Waals surface area contributed by atoms with Gasteiger partial charge in [0.1, 0.15) is 0 Å². The molecule has 4 heteroatoms. The Balaban J connectivity index is 1.54. The third-order valence-electron chi connectivity index (χ3n) is 5.93. The first-order valence-electron chi connectivity index (χ1n) is 8.35. The molecule has 3 fully saturated rings. The molecular formula is C18H21N3O. The van der Waals surface area contributed by atoms with Crippen LogP contribution in [0.4, 0.5) is 4.79 Å². The van der Waals surface area contributed by atoms with Crippen LogP contribution in [0, 0.1) is 12.8 Å². The second-order valence-corrected chi connectivity index (χ2v) is 7.09. The van der Waals surface area contributed by atoms with E-state index >= 15 is 0 Å². The van der Waals surface area contributed by atoms with E-state index in [0.29, 0.717) is 12.0 Å². The van der Waals surface area contributed by atoms with Crippen molar-refractivity contribution in [2.24, 2.45) is 5.92 Å². The normalized spacial score (nSPS) is 30.3. The van der Waals surface area contributed by atoms with Crippen LogP contribution in [0.5, 0.6) is 0 Å². The molecule has 2 bridgehead atoms. The van der Waals surface area contributed by atoms with Crippen molar-refractivity contribution in [1.82, 2.24) is 14.4 Å². The van der Waals surface area contributed by atoms with E-state index in [4.69, 9.17) is 0 Å². The lowest BCUT2D eigenvalue weighted by molar-refractivity contribution is 0.0241. The predicted octanol–water partition coefficient (Wildman–Crippen LogP) is 2.83. The Morgan fingerprint density at radius 1 is 1.18 bits per heavy atom. The number of hydrogen-bond donors (Lipinski definition) is 0. The van der Waals surface area contributed by atoms with Crippen LogP contribution in [0.25, 0.3) is 10.9 Å². The highest BCUT2D eigenvalue weighted by atomic mass is 16.2. The smallest absolute Gasteiger partial charge is 0.314 e. The summed E-state index contributed by atoms with van der Waals surface area (Å²) in [7, 11) is 0. The summed E-state index contributed by atoms with van der Waals surface area (Å²) in [6, 6.07) is 9.06. The van der Waals surface area contributed by atoms with E-state index in [1.54, 1.807) is 0 Å². The van der Waals surface area contributed by atoms with Gasteiger partial charge in [-0.1, -0.05) is 12.1 Å². The Kier molecular flexibility index (Phi) is 2.51. The van der Waals surface area contributed by atoms with Crippen LogP contribution < -0.4 is 0 Å². The van der Waals surface area contributed by atoms with Crippen LogP contribution in [-0.4, -0.2) is 46.1 Å². The van der Waals surface area contributed by atoms with E-state index in [9.17, 15) is 4.79 Å². The fourth-order valence-corrected chi connectivity index (χ4v) is 4.69. The molecule has 0 radical (unpaired) electrons. The SMILES string of the molecule is Cc1cccc2c1cc1n2C(=O)N(C2CN3CCC2CC3)C1. The lowest BCUT2D eigenvalue weighted by atomic mass is 9.83. The third-order valence-corrected chi connectivity index (χ3v) is 5.93. The first kappa shape index (κ1) is 12.7. The summed E-state index contributed by atoms with van der Waals surface area (Å²) in [6.45, 7) is 6.41. The molecule has 1 amide bonds. The second-order valence-electron chi connectivity index (χ2n) is 7.09. The van der Waals surface area contributed by atoms with E-state index in [1.807, 2.05) is 4.57 Å². The predicted molar refractivity (Wildman–Crippen MR) is 86.0 cm³/mol. The average molecular weight is 295 g/mol. The fraction of sp³-hybridized carbons (Fsp3) is 0.500. The number of rotatable bonds is 1. The quantitative estimate of drug-likeness (QED) is 0.809. The Morgan fingerprint density at radius 2 is 2.00 bits per heavy atom. The van der Waals surface area contributed by atoms with Crippen molar-refractivity contribution in [2.45, 2.75) is 32.4 Å². The first-order valence-corrected chi connectivity index (χ1v) is 8.35. The molecule has 1 aromatic carbocycles. The molecule has 4 aliphatic rings. The van der Waals surface area contributed by atoms with E-state index in [-0.39, 0.29) is 6.03 Å². The first-order chi connectivity index (χ1) is 10.7. The van der Waals surface area contributed by atoms with Gasteiger partial charge in [-0.25, -0.2) is 4.79 Å². The van der Waals surface area contributed by atoms with Crippen molar-refractivity contribution < 1.29 is 4.79 Å². The minimum Gasteiger partial charge on any atom is -0.314 e. The van der Waals surface area contributed by atoms with Gasteiger partial charge in [-0.2, -0.15) is 0 Å². The number of aryl methyl sites for hydroxylation is 1. The molecule has 1 aromatic heterocycles. The van der Waals surface area contributed by atoms with Gasteiger partial charge >= 0.3 is 6.03 Å². The van der Waals surface area contributed by atoms with Crippen molar-refractivity contribution in [3.05, 3.63) is 35.5 Å². The highest BCUT2D eigenvalue weighted by Gasteiger charge is 2.42. The Bertz CT molecular complexity index is 770. The van der Waals surface area contributed by atoms with Gasteiger partial charge in [-0.05, 0) is 56.5 Å². The van der Waals surface area contributed by atoms with Gasteiger partial charge in [0.15, 0.2) is 0 Å². The van der Waals surface area contributed by atoms with Crippen LogP contribution in [0.2, 0.25) is 0 Å². The van der Waals surface area contributed by atoms with Crippen molar-refractivity contribution in [2.75, 3.05) is 19.6 Å². The molecule has 0 N–H and O–H groups in total. The number of carbonyl (C=O) groups is 1. The van der Waals surface area contributed by atoms with E-state index in [0.717, 1.165) is 24.3 Å². The Labute approximate surface area is 130 Å². The van der Waals surface area contributed by atoms with Crippen molar-refractivity contribution in [3.8, 4) is 0 Å². The van der Waals surface area contributed by atoms with Crippen molar-refractivity contribution >= 4 is 16.9 Å². The van der Waals surface area contributed by atoms with Gasteiger partial charge in [0, 0.05) is 23.7 Å². The van der Waals surface area contributed by atoms with Gasteiger partial charge in [0.25, 0.3) is 0 Å². The maximum Gasteiger partial charge on any atom is 0.329 e. The summed E-state index contributed by atoms with van der Waals surface area (Å²) in [4.78, 5) is 17.7. The summed E-state index contributed by atoms with van der Waals surface area (Å²) < 4.78 is 1.94. The number of piperidine rings is 3. The summed E-state index contributed by atoms with van der Waals surface area (Å²) in [5.41, 5.74) is 3.48. The molecule has 0 spiro atoms. The van der Waals surface area contributed by atoms with Gasteiger partial charge in [-0.15, -0.1) is 0 Å². The van der Waals surface area contributed by atoms with Crippen LogP contribution in [0.1, 0.15) is 24.1 Å². The number of aromatic nitrogens is 1. The zero-order chi connectivity index (χ0) is 14.8. The van der Waals surface area contributed by atoms with Gasteiger partial charge < -0.3 is 9.80 Å². The van der Waals surface area contributed by atoms with Crippen LogP contribution in [0.15, 0.2) is 24.3 Å². The molecule has 5 heterocycles. The minimum atomic E-state index is 0.189. The lowest BCUT2D eigenvalue weighted by Crippen LogP contribution is -2.57. The van der Waals surface area contributed by atoms with Crippen molar-refractivity contribution in [3.63, 3.8) is 0 Å². The summed E-state index contributed by atoms with van der Waals surface area (Å²) in [5, 5.41) is 1.22. The minimum absolute atomic E-state index is 0.189. The Morgan fingerprint density at radius 3 is 2.73 bits per heavy atom. The van der Waals surface area contributed by atoms with Crippen LogP contribution >= 0.6 is 0 Å². The molecule has 6 rings (SSSR count). The highest BCUT2D eigenvalue weighted by Crippen LogP contribution is 2.36. The van der Waals surface area contributed by atoms with Gasteiger partial charge in [0.05, 0.1) is 12.1 Å². The number of benzene rings is 1. The maximum atomic E-state index is 13.0. The van der Waals surface area contributed by atoms with E-state index in [2.05, 4.69) is 41.0 Å². The maximum absolute atomic E-state index is 13.0. The number of hydrogen-bond acceptors (Lipinski definition) is 2. The van der Waals surface area contributed by atoms with Gasteiger partial charge in [0.2, 0.25) is 0 Å². The zero-order valence-electron chi connectivity index (χ0n) is 13.0. The molecule has 0 saturated carbocycles. The molecule has 114 valence electrons. The molecule has 1 unspecified atom stereocenters. The molecule has 22 heavy (non-hydrogen) atoms. The number of fused-ring (bicyclic) bond motifs is 6.